The molecule has 0 aliphatic carbocycles. The number of rotatable bonds is 4. The number of carbonyl (C=O) groups excluding carboxylic acids is 1. The number of urea groups is 1. The van der Waals surface area contributed by atoms with E-state index in [4.69, 9.17) is 9.47 Å². The fourth-order valence-electron chi connectivity index (χ4n) is 2.02. The van der Waals surface area contributed by atoms with Crippen molar-refractivity contribution in [2.24, 2.45) is 0 Å². The lowest BCUT2D eigenvalue weighted by Crippen LogP contribution is -2.34. The van der Waals surface area contributed by atoms with E-state index in [9.17, 15) is 4.79 Å². The molecule has 2 amide bonds. The normalized spacial score (nSPS) is 12.8. The molecule has 2 heterocycles. The fraction of sp³-hybridized carbons (Fsp3) is 0.267. The van der Waals surface area contributed by atoms with Gasteiger partial charge in [0.05, 0.1) is 6.54 Å². The zero-order valence-electron chi connectivity index (χ0n) is 11.4. The molecule has 1 aromatic carbocycles. The first-order valence-electron chi connectivity index (χ1n) is 6.74. The highest BCUT2D eigenvalue weighted by molar-refractivity contribution is 7.09. The molecule has 0 radical (unpaired) electrons. The molecule has 0 fully saturated rings. The molecule has 0 atom stereocenters. The van der Waals surface area contributed by atoms with E-state index in [2.05, 4.69) is 10.6 Å². The van der Waals surface area contributed by atoms with Crippen LogP contribution in [0.25, 0.3) is 0 Å². The van der Waals surface area contributed by atoms with Gasteiger partial charge < -0.3 is 20.1 Å². The monoisotopic (exact) mass is 304 g/mol. The standard InChI is InChI=1S/C15H16N2O3S/c18-15(17-10-12-2-1-7-21-12)16-9-11-3-4-13-14(8-11)20-6-5-19-13/h1-4,7-8H,5-6,9-10H2,(H2,16,17,18). The van der Waals surface area contributed by atoms with E-state index >= 15 is 0 Å². The van der Waals surface area contributed by atoms with Gasteiger partial charge in [-0.3, -0.25) is 0 Å². The molecule has 2 N–H and O–H groups in total. The first-order chi connectivity index (χ1) is 10.3. The molecule has 0 bridgehead atoms. The van der Waals surface area contributed by atoms with E-state index in [1.165, 1.54) is 0 Å². The zero-order chi connectivity index (χ0) is 14.5. The number of nitrogens with one attached hydrogen (secondary N) is 2. The molecule has 5 nitrogen and oxygen atoms in total. The molecule has 1 aromatic heterocycles. The summed E-state index contributed by atoms with van der Waals surface area (Å²) in [7, 11) is 0. The molecule has 1 aliphatic heterocycles. The van der Waals surface area contributed by atoms with Crippen LogP contribution in [-0.2, 0) is 13.1 Å². The SMILES string of the molecule is O=C(NCc1ccc2c(c1)OCCO2)NCc1cccs1. The molecule has 1 aliphatic rings. The Hall–Kier alpha value is -2.21. The number of thiophene rings is 1. The van der Waals surface area contributed by atoms with Crippen LogP contribution in [0.3, 0.4) is 0 Å². The number of amides is 2. The van der Waals surface area contributed by atoms with Gasteiger partial charge in [0.2, 0.25) is 0 Å². The number of hydrogen-bond acceptors (Lipinski definition) is 4. The summed E-state index contributed by atoms with van der Waals surface area (Å²) >= 11 is 1.62. The lowest BCUT2D eigenvalue weighted by Gasteiger charge is -2.19. The Morgan fingerprint density at radius 2 is 1.90 bits per heavy atom. The minimum atomic E-state index is -0.182. The maximum Gasteiger partial charge on any atom is 0.315 e. The maximum absolute atomic E-state index is 11.7. The first kappa shape index (κ1) is 13.8. The lowest BCUT2D eigenvalue weighted by atomic mass is 10.2. The zero-order valence-corrected chi connectivity index (χ0v) is 12.2. The van der Waals surface area contributed by atoms with E-state index in [1.807, 2.05) is 35.7 Å². The highest BCUT2D eigenvalue weighted by atomic mass is 32.1. The highest BCUT2D eigenvalue weighted by Gasteiger charge is 2.11. The van der Waals surface area contributed by atoms with Crippen LogP contribution in [0.15, 0.2) is 35.7 Å². The molecule has 0 saturated carbocycles. The largest absolute Gasteiger partial charge is 0.486 e. The van der Waals surface area contributed by atoms with Crippen LogP contribution in [0, 0.1) is 0 Å². The molecule has 2 aromatic rings. The fourth-order valence-corrected chi connectivity index (χ4v) is 2.67. The summed E-state index contributed by atoms with van der Waals surface area (Å²) < 4.78 is 11.0. The summed E-state index contributed by atoms with van der Waals surface area (Å²) in [6.45, 7) is 2.14. The van der Waals surface area contributed by atoms with Crippen molar-refractivity contribution in [3.05, 3.63) is 46.2 Å². The molecule has 0 unspecified atom stereocenters. The molecule has 21 heavy (non-hydrogen) atoms. The number of ether oxygens (including phenoxy) is 2. The third kappa shape index (κ3) is 3.66. The topological polar surface area (TPSA) is 59.6 Å². The number of hydrogen-bond donors (Lipinski definition) is 2. The summed E-state index contributed by atoms with van der Waals surface area (Å²) in [4.78, 5) is 12.9. The minimum absolute atomic E-state index is 0.182. The van der Waals surface area contributed by atoms with Crippen molar-refractivity contribution < 1.29 is 14.3 Å². The van der Waals surface area contributed by atoms with Crippen LogP contribution >= 0.6 is 11.3 Å². The van der Waals surface area contributed by atoms with Crippen LogP contribution in [-0.4, -0.2) is 19.2 Å². The van der Waals surface area contributed by atoms with Crippen molar-refractivity contribution in [1.82, 2.24) is 10.6 Å². The minimum Gasteiger partial charge on any atom is -0.486 e. The number of benzene rings is 1. The second-order valence-corrected chi connectivity index (χ2v) is 5.63. The average molecular weight is 304 g/mol. The Kier molecular flexibility index (Phi) is 4.25. The highest BCUT2D eigenvalue weighted by Crippen LogP contribution is 2.30. The lowest BCUT2D eigenvalue weighted by molar-refractivity contribution is 0.171. The maximum atomic E-state index is 11.7. The quantitative estimate of drug-likeness (QED) is 0.912. The first-order valence-corrected chi connectivity index (χ1v) is 7.62. The van der Waals surface area contributed by atoms with Gasteiger partial charge in [-0.2, -0.15) is 0 Å². The summed E-state index contributed by atoms with van der Waals surface area (Å²) in [6, 6.07) is 9.47. The summed E-state index contributed by atoms with van der Waals surface area (Å²) in [5, 5.41) is 7.64. The van der Waals surface area contributed by atoms with E-state index in [1.54, 1.807) is 11.3 Å². The molecular weight excluding hydrogens is 288 g/mol. The molecular formula is C15H16N2O3S. The van der Waals surface area contributed by atoms with Gasteiger partial charge in [0, 0.05) is 11.4 Å². The average Bonchev–Trinajstić information content (AvgIpc) is 3.04. The Morgan fingerprint density at radius 3 is 2.71 bits per heavy atom. The third-order valence-corrected chi connectivity index (χ3v) is 3.94. The second-order valence-electron chi connectivity index (χ2n) is 4.59. The summed E-state index contributed by atoms with van der Waals surface area (Å²) in [5.74, 6) is 1.49. The van der Waals surface area contributed by atoms with Crippen molar-refractivity contribution in [1.29, 1.82) is 0 Å². The van der Waals surface area contributed by atoms with E-state index < -0.39 is 0 Å². The van der Waals surface area contributed by atoms with Crippen LogP contribution in [0.1, 0.15) is 10.4 Å². The van der Waals surface area contributed by atoms with E-state index in [0.29, 0.717) is 26.3 Å². The molecule has 6 heteroatoms. The second kappa shape index (κ2) is 6.49. The van der Waals surface area contributed by atoms with Crippen LogP contribution in [0.2, 0.25) is 0 Å². The van der Waals surface area contributed by atoms with Crippen LogP contribution in [0.4, 0.5) is 4.79 Å². The van der Waals surface area contributed by atoms with Crippen molar-refractivity contribution in [3.8, 4) is 11.5 Å². The van der Waals surface area contributed by atoms with E-state index in [-0.39, 0.29) is 6.03 Å². The van der Waals surface area contributed by atoms with Crippen molar-refractivity contribution in [3.63, 3.8) is 0 Å². The summed E-state index contributed by atoms with van der Waals surface area (Å²) in [5.41, 5.74) is 0.977. The van der Waals surface area contributed by atoms with Gasteiger partial charge >= 0.3 is 6.03 Å². The van der Waals surface area contributed by atoms with Crippen molar-refractivity contribution in [2.45, 2.75) is 13.1 Å². The number of carbonyl (C=O) groups is 1. The molecule has 0 saturated heterocycles. The van der Waals surface area contributed by atoms with Gasteiger partial charge in [0.15, 0.2) is 11.5 Å². The molecule has 110 valence electrons. The van der Waals surface area contributed by atoms with Gasteiger partial charge in [-0.1, -0.05) is 12.1 Å². The third-order valence-electron chi connectivity index (χ3n) is 3.06. The van der Waals surface area contributed by atoms with Crippen LogP contribution < -0.4 is 20.1 Å². The van der Waals surface area contributed by atoms with Crippen LogP contribution in [0.5, 0.6) is 11.5 Å². The summed E-state index contributed by atoms with van der Waals surface area (Å²) in [6.07, 6.45) is 0. The molecule has 3 rings (SSSR count). The smallest absolute Gasteiger partial charge is 0.315 e. The Bertz CT molecular complexity index is 613. The van der Waals surface area contributed by atoms with Gasteiger partial charge in [0.25, 0.3) is 0 Å². The number of fused-ring (bicyclic) bond motifs is 1. The Morgan fingerprint density at radius 1 is 1.10 bits per heavy atom. The predicted octanol–water partition coefficient (Wildman–Crippen LogP) is 2.52. The van der Waals surface area contributed by atoms with Crippen molar-refractivity contribution in [2.75, 3.05) is 13.2 Å². The van der Waals surface area contributed by atoms with Gasteiger partial charge in [0.1, 0.15) is 13.2 Å². The Balaban J connectivity index is 1.49. The Labute approximate surface area is 126 Å². The van der Waals surface area contributed by atoms with Gasteiger partial charge in [-0.05, 0) is 29.1 Å². The predicted molar refractivity (Wildman–Crippen MR) is 80.8 cm³/mol. The van der Waals surface area contributed by atoms with Gasteiger partial charge in [-0.25, -0.2) is 4.79 Å². The van der Waals surface area contributed by atoms with Crippen molar-refractivity contribution >= 4 is 17.4 Å². The van der Waals surface area contributed by atoms with Gasteiger partial charge in [-0.15, -0.1) is 11.3 Å². The molecule has 0 spiro atoms. The van der Waals surface area contributed by atoms with E-state index in [0.717, 1.165) is 21.9 Å².